The summed E-state index contributed by atoms with van der Waals surface area (Å²) in [6.45, 7) is 3.52. The summed E-state index contributed by atoms with van der Waals surface area (Å²) in [7, 11) is 0. The Morgan fingerprint density at radius 1 is 1.21 bits per heavy atom. The summed E-state index contributed by atoms with van der Waals surface area (Å²) < 4.78 is 37.4. The smallest absolute Gasteiger partial charge is 0.416 e. The molecule has 132 valence electrons. The molecule has 1 aromatic carbocycles. The number of amides is 1. The SMILES string of the molecule is CC(C)=CC[C@@H](NC(=O)[C@H](O)c1ccc(C(F)(F)F)cc1)C(=O)O. The first-order valence-corrected chi connectivity index (χ1v) is 7.04. The fourth-order valence-electron chi connectivity index (χ4n) is 1.83. The van der Waals surface area contributed by atoms with Crippen LogP contribution in [-0.2, 0) is 15.8 Å². The third-order valence-corrected chi connectivity index (χ3v) is 3.18. The zero-order valence-corrected chi connectivity index (χ0v) is 13.1. The molecule has 1 amide bonds. The quantitative estimate of drug-likeness (QED) is 0.692. The van der Waals surface area contributed by atoms with E-state index in [0.717, 1.165) is 29.8 Å². The highest BCUT2D eigenvalue weighted by molar-refractivity contribution is 5.87. The molecule has 0 spiro atoms. The van der Waals surface area contributed by atoms with E-state index in [1.54, 1.807) is 19.9 Å². The van der Waals surface area contributed by atoms with E-state index in [-0.39, 0.29) is 12.0 Å². The minimum absolute atomic E-state index is 0.0309. The van der Waals surface area contributed by atoms with Crippen LogP contribution in [0.4, 0.5) is 13.2 Å². The second-order valence-corrected chi connectivity index (χ2v) is 5.44. The van der Waals surface area contributed by atoms with E-state index in [0.29, 0.717) is 0 Å². The summed E-state index contributed by atoms with van der Waals surface area (Å²) in [5.74, 6) is -2.27. The molecule has 0 aliphatic rings. The zero-order valence-electron chi connectivity index (χ0n) is 13.1. The van der Waals surface area contributed by atoms with Crippen molar-refractivity contribution in [2.24, 2.45) is 0 Å². The average Bonchev–Trinajstić information content (AvgIpc) is 2.49. The molecule has 0 heterocycles. The molecule has 5 nitrogen and oxygen atoms in total. The number of rotatable bonds is 6. The number of carboxylic acid groups (broad SMARTS) is 1. The van der Waals surface area contributed by atoms with Gasteiger partial charge in [0.2, 0.25) is 0 Å². The van der Waals surface area contributed by atoms with Crippen LogP contribution in [0.3, 0.4) is 0 Å². The van der Waals surface area contributed by atoms with Crippen molar-refractivity contribution < 1.29 is 33.0 Å². The Bertz CT molecular complexity index is 619. The van der Waals surface area contributed by atoms with Crippen LogP contribution in [0.5, 0.6) is 0 Å². The van der Waals surface area contributed by atoms with E-state index in [9.17, 15) is 27.9 Å². The molecular formula is C16H18F3NO4. The summed E-state index contributed by atoms with van der Waals surface area (Å²) in [6.07, 6.45) is -4.64. The molecule has 0 aliphatic carbocycles. The number of aliphatic hydroxyl groups is 1. The van der Waals surface area contributed by atoms with E-state index >= 15 is 0 Å². The van der Waals surface area contributed by atoms with Gasteiger partial charge in [-0.1, -0.05) is 23.8 Å². The van der Waals surface area contributed by atoms with Crippen molar-refractivity contribution in [3.63, 3.8) is 0 Å². The first-order valence-electron chi connectivity index (χ1n) is 7.04. The average molecular weight is 345 g/mol. The minimum atomic E-state index is -4.52. The number of aliphatic carboxylic acids is 1. The first-order chi connectivity index (χ1) is 11.0. The van der Waals surface area contributed by atoms with Gasteiger partial charge >= 0.3 is 12.1 Å². The van der Waals surface area contributed by atoms with Crippen molar-refractivity contribution in [2.75, 3.05) is 0 Å². The number of allylic oxidation sites excluding steroid dienone is 1. The van der Waals surface area contributed by atoms with Crippen LogP contribution < -0.4 is 5.32 Å². The lowest BCUT2D eigenvalue weighted by molar-refractivity contribution is -0.143. The van der Waals surface area contributed by atoms with E-state index in [4.69, 9.17) is 5.11 Å². The monoisotopic (exact) mass is 345 g/mol. The van der Waals surface area contributed by atoms with Gasteiger partial charge < -0.3 is 15.5 Å². The topological polar surface area (TPSA) is 86.6 Å². The van der Waals surface area contributed by atoms with E-state index in [1.165, 1.54) is 0 Å². The van der Waals surface area contributed by atoms with Crippen LogP contribution in [-0.4, -0.2) is 28.1 Å². The predicted octanol–water partition coefficient (Wildman–Crippen LogP) is 2.66. The number of carboxylic acids is 1. The van der Waals surface area contributed by atoms with Crippen LogP contribution >= 0.6 is 0 Å². The molecule has 0 bridgehead atoms. The molecule has 1 aromatic rings. The Labute approximate surface area is 136 Å². The minimum Gasteiger partial charge on any atom is -0.480 e. The largest absolute Gasteiger partial charge is 0.480 e. The van der Waals surface area contributed by atoms with Crippen LogP contribution in [0.2, 0.25) is 0 Å². The van der Waals surface area contributed by atoms with Gasteiger partial charge in [-0.3, -0.25) is 4.79 Å². The maximum absolute atomic E-state index is 12.5. The molecule has 3 N–H and O–H groups in total. The second-order valence-electron chi connectivity index (χ2n) is 5.44. The number of nitrogens with one attached hydrogen (secondary N) is 1. The molecular weight excluding hydrogens is 327 g/mol. The fraction of sp³-hybridized carbons (Fsp3) is 0.375. The van der Waals surface area contributed by atoms with Crippen LogP contribution in [0.1, 0.15) is 37.5 Å². The molecule has 0 fully saturated rings. The van der Waals surface area contributed by atoms with Gasteiger partial charge in [0.25, 0.3) is 5.91 Å². The third-order valence-electron chi connectivity index (χ3n) is 3.18. The van der Waals surface area contributed by atoms with Crippen molar-refractivity contribution in [1.29, 1.82) is 0 Å². The number of carbonyl (C=O) groups is 2. The molecule has 0 unspecified atom stereocenters. The highest BCUT2D eigenvalue weighted by atomic mass is 19.4. The number of carbonyl (C=O) groups excluding carboxylic acids is 1. The standard InChI is InChI=1S/C16H18F3NO4/c1-9(2)3-8-12(15(23)24)20-14(22)13(21)10-4-6-11(7-5-10)16(17,18)19/h3-7,12-13,21H,8H2,1-2H3,(H,20,22)(H,23,24)/t12-,13-/m1/s1. The lowest BCUT2D eigenvalue weighted by Gasteiger charge is -2.17. The highest BCUT2D eigenvalue weighted by Gasteiger charge is 2.31. The zero-order chi connectivity index (χ0) is 18.5. The van der Waals surface area contributed by atoms with E-state index in [1.807, 2.05) is 0 Å². The summed E-state index contributed by atoms with van der Waals surface area (Å²) >= 11 is 0. The van der Waals surface area contributed by atoms with Crippen molar-refractivity contribution in [2.45, 2.75) is 38.6 Å². The van der Waals surface area contributed by atoms with E-state index in [2.05, 4.69) is 5.32 Å². The molecule has 1 rings (SSSR count). The van der Waals surface area contributed by atoms with Gasteiger partial charge in [-0.05, 0) is 38.0 Å². The third kappa shape index (κ3) is 5.69. The van der Waals surface area contributed by atoms with Gasteiger partial charge in [-0.25, -0.2) is 4.79 Å². The molecule has 2 atom stereocenters. The normalized spacial score (nSPS) is 13.8. The van der Waals surface area contributed by atoms with Gasteiger partial charge in [0.1, 0.15) is 6.04 Å². The van der Waals surface area contributed by atoms with E-state index < -0.39 is 35.8 Å². The number of hydrogen-bond donors (Lipinski definition) is 3. The van der Waals surface area contributed by atoms with Gasteiger partial charge in [-0.15, -0.1) is 0 Å². The molecule has 0 aromatic heterocycles. The Morgan fingerprint density at radius 3 is 2.17 bits per heavy atom. The molecule has 0 radical (unpaired) electrons. The number of benzene rings is 1. The Morgan fingerprint density at radius 2 is 1.75 bits per heavy atom. The Hall–Kier alpha value is -2.35. The first kappa shape index (κ1) is 19.7. The number of alkyl halides is 3. The summed E-state index contributed by atoms with van der Waals surface area (Å²) in [5.41, 5.74) is -0.114. The summed E-state index contributed by atoms with van der Waals surface area (Å²) in [5, 5.41) is 21.1. The van der Waals surface area contributed by atoms with Crippen molar-refractivity contribution in [3.05, 3.63) is 47.0 Å². The molecule has 0 saturated heterocycles. The Balaban J connectivity index is 2.82. The van der Waals surface area contributed by atoms with Gasteiger partial charge in [-0.2, -0.15) is 13.2 Å². The predicted molar refractivity (Wildman–Crippen MR) is 80.0 cm³/mol. The highest BCUT2D eigenvalue weighted by Crippen LogP contribution is 2.29. The van der Waals surface area contributed by atoms with Crippen LogP contribution in [0.15, 0.2) is 35.9 Å². The van der Waals surface area contributed by atoms with Crippen LogP contribution in [0.25, 0.3) is 0 Å². The number of aliphatic hydroxyl groups excluding tert-OH is 1. The summed E-state index contributed by atoms with van der Waals surface area (Å²) in [4.78, 5) is 23.0. The molecule has 24 heavy (non-hydrogen) atoms. The molecule has 0 saturated carbocycles. The van der Waals surface area contributed by atoms with Gasteiger partial charge in [0.15, 0.2) is 6.10 Å². The molecule has 8 heteroatoms. The summed E-state index contributed by atoms with van der Waals surface area (Å²) in [6, 6.07) is 2.18. The van der Waals surface area contributed by atoms with Gasteiger partial charge in [0, 0.05) is 0 Å². The second kappa shape index (κ2) is 7.96. The lowest BCUT2D eigenvalue weighted by Crippen LogP contribution is -2.42. The van der Waals surface area contributed by atoms with Gasteiger partial charge in [0.05, 0.1) is 5.56 Å². The van der Waals surface area contributed by atoms with Crippen molar-refractivity contribution >= 4 is 11.9 Å². The number of hydrogen-bond acceptors (Lipinski definition) is 3. The fourth-order valence-corrected chi connectivity index (χ4v) is 1.83. The lowest BCUT2D eigenvalue weighted by atomic mass is 10.1. The van der Waals surface area contributed by atoms with Crippen LogP contribution in [0, 0.1) is 0 Å². The van der Waals surface area contributed by atoms with Crippen molar-refractivity contribution in [3.8, 4) is 0 Å². The molecule has 0 aliphatic heterocycles. The van der Waals surface area contributed by atoms with Crippen molar-refractivity contribution in [1.82, 2.24) is 5.32 Å². The Kier molecular flexibility index (Phi) is 6.53. The maximum Gasteiger partial charge on any atom is 0.416 e. The maximum atomic E-state index is 12.5. The number of halogens is 3.